The number of nitrogens with one attached hydrogen (secondary N) is 2. The summed E-state index contributed by atoms with van der Waals surface area (Å²) in [5, 5.41) is 8.13. The molecule has 3 rings (SSSR count). The summed E-state index contributed by atoms with van der Waals surface area (Å²) >= 11 is 1.65. The van der Waals surface area contributed by atoms with E-state index in [1.54, 1.807) is 11.3 Å². The second-order valence-electron chi connectivity index (χ2n) is 7.67. The maximum Gasteiger partial charge on any atom is 0.238 e. The minimum absolute atomic E-state index is 0.0124. The molecule has 1 aliphatic heterocycles. The van der Waals surface area contributed by atoms with Crippen LogP contribution in [0, 0.1) is 13.8 Å². The van der Waals surface area contributed by atoms with Crippen molar-refractivity contribution < 1.29 is 9.59 Å². The quantitative estimate of drug-likeness (QED) is 0.731. The number of aryl methyl sites for hydroxylation is 2. The van der Waals surface area contributed by atoms with Gasteiger partial charge in [0.25, 0.3) is 0 Å². The van der Waals surface area contributed by atoms with Crippen molar-refractivity contribution >= 4 is 28.8 Å². The van der Waals surface area contributed by atoms with Crippen LogP contribution in [0.15, 0.2) is 35.7 Å². The van der Waals surface area contributed by atoms with Crippen molar-refractivity contribution in [2.45, 2.75) is 26.8 Å². The Morgan fingerprint density at radius 2 is 1.55 bits per heavy atom. The van der Waals surface area contributed by atoms with E-state index in [0.717, 1.165) is 47.9 Å². The monoisotopic (exact) mass is 414 g/mol. The van der Waals surface area contributed by atoms with E-state index >= 15 is 0 Å². The van der Waals surface area contributed by atoms with Gasteiger partial charge in [-0.15, -0.1) is 11.3 Å². The van der Waals surface area contributed by atoms with Gasteiger partial charge in [-0.2, -0.15) is 0 Å². The zero-order valence-electron chi connectivity index (χ0n) is 17.4. The molecule has 0 aliphatic carbocycles. The van der Waals surface area contributed by atoms with Gasteiger partial charge in [0.1, 0.15) is 0 Å². The van der Waals surface area contributed by atoms with Gasteiger partial charge in [-0.1, -0.05) is 24.3 Å². The Labute approximate surface area is 176 Å². The molecule has 2 amide bonds. The van der Waals surface area contributed by atoms with E-state index in [-0.39, 0.29) is 17.9 Å². The maximum atomic E-state index is 12.4. The van der Waals surface area contributed by atoms with Gasteiger partial charge in [0.15, 0.2) is 0 Å². The summed E-state index contributed by atoms with van der Waals surface area (Å²) in [7, 11) is 0. The van der Waals surface area contributed by atoms with E-state index in [1.807, 2.05) is 56.5 Å². The second-order valence-corrected chi connectivity index (χ2v) is 8.65. The molecule has 1 fully saturated rings. The molecule has 0 bridgehead atoms. The van der Waals surface area contributed by atoms with E-state index in [4.69, 9.17) is 0 Å². The molecule has 2 aromatic rings. The van der Waals surface area contributed by atoms with Crippen molar-refractivity contribution in [1.82, 2.24) is 15.1 Å². The Bertz CT molecular complexity index is 809. The third-order valence-corrected chi connectivity index (χ3v) is 6.35. The molecule has 2 heterocycles. The molecule has 1 aromatic carbocycles. The van der Waals surface area contributed by atoms with Crippen LogP contribution in [-0.2, 0) is 9.59 Å². The van der Waals surface area contributed by atoms with Gasteiger partial charge >= 0.3 is 0 Å². The number of para-hydroxylation sites is 1. The van der Waals surface area contributed by atoms with Crippen LogP contribution < -0.4 is 10.6 Å². The molecular formula is C22H30N4O2S. The average molecular weight is 415 g/mol. The first kappa shape index (κ1) is 21.5. The number of piperazine rings is 1. The van der Waals surface area contributed by atoms with E-state index in [1.165, 1.54) is 0 Å². The number of anilines is 1. The fraction of sp³-hybridized carbons (Fsp3) is 0.455. The molecule has 0 saturated carbocycles. The van der Waals surface area contributed by atoms with Crippen LogP contribution in [0.3, 0.4) is 0 Å². The molecular weight excluding hydrogens is 384 g/mol. The maximum absolute atomic E-state index is 12.4. The first-order chi connectivity index (χ1) is 13.9. The van der Waals surface area contributed by atoms with Gasteiger partial charge in [-0.25, -0.2) is 0 Å². The zero-order chi connectivity index (χ0) is 20.8. The molecule has 1 aliphatic rings. The molecule has 6 nitrogen and oxygen atoms in total. The normalized spacial score (nSPS) is 16.4. The number of carbonyl (C=O) groups is 2. The Morgan fingerprint density at radius 1 is 0.966 bits per heavy atom. The summed E-state index contributed by atoms with van der Waals surface area (Å²) in [4.78, 5) is 30.2. The topological polar surface area (TPSA) is 64.7 Å². The van der Waals surface area contributed by atoms with Crippen LogP contribution in [0.25, 0.3) is 0 Å². The molecule has 1 saturated heterocycles. The number of benzene rings is 1. The van der Waals surface area contributed by atoms with Crippen LogP contribution in [0.1, 0.15) is 29.0 Å². The molecule has 29 heavy (non-hydrogen) atoms. The van der Waals surface area contributed by atoms with Crippen molar-refractivity contribution in [2.75, 3.05) is 44.6 Å². The van der Waals surface area contributed by atoms with Crippen LogP contribution >= 0.6 is 11.3 Å². The number of carbonyl (C=O) groups excluding carboxylic acids is 2. The lowest BCUT2D eigenvalue weighted by atomic mass is 10.1. The number of nitrogens with zero attached hydrogens (tertiary/aromatic N) is 2. The highest BCUT2D eigenvalue weighted by atomic mass is 32.1. The SMILES string of the molecule is Cc1cccc(C)c1NC(=O)CN1CCN(CC(=O)N[C@H](C)c2cccs2)CC1. The van der Waals surface area contributed by atoms with Crippen LogP contribution in [0.2, 0.25) is 0 Å². The number of hydrogen-bond donors (Lipinski definition) is 2. The van der Waals surface area contributed by atoms with Gasteiger partial charge < -0.3 is 10.6 Å². The van der Waals surface area contributed by atoms with E-state index in [2.05, 4.69) is 20.4 Å². The lowest BCUT2D eigenvalue weighted by Gasteiger charge is -2.34. The van der Waals surface area contributed by atoms with Gasteiger partial charge in [0.2, 0.25) is 11.8 Å². The smallest absolute Gasteiger partial charge is 0.238 e. The standard InChI is InChI=1S/C22H30N4O2S/c1-16-6-4-7-17(2)22(16)24-21(28)15-26-11-9-25(10-12-26)14-20(27)23-18(3)19-8-5-13-29-19/h4-8,13,18H,9-12,14-15H2,1-3H3,(H,23,27)(H,24,28)/t18-/m1/s1. The molecule has 1 atom stereocenters. The van der Waals surface area contributed by atoms with Crippen molar-refractivity contribution in [2.24, 2.45) is 0 Å². The first-order valence-corrected chi connectivity index (χ1v) is 10.9. The van der Waals surface area contributed by atoms with Crippen molar-refractivity contribution in [3.63, 3.8) is 0 Å². The van der Waals surface area contributed by atoms with Crippen LogP contribution in [-0.4, -0.2) is 60.9 Å². The predicted octanol–water partition coefficient (Wildman–Crippen LogP) is 2.80. The fourth-order valence-corrected chi connectivity index (χ4v) is 4.33. The van der Waals surface area contributed by atoms with Crippen LogP contribution in [0.4, 0.5) is 5.69 Å². The minimum Gasteiger partial charge on any atom is -0.348 e. The Morgan fingerprint density at radius 3 is 2.10 bits per heavy atom. The van der Waals surface area contributed by atoms with E-state index < -0.39 is 0 Å². The summed E-state index contributed by atoms with van der Waals surface area (Å²) in [6.07, 6.45) is 0. The predicted molar refractivity (Wildman–Crippen MR) is 118 cm³/mol. The number of amides is 2. The van der Waals surface area contributed by atoms with Crippen molar-refractivity contribution in [3.05, 3.63) is 51.7 Å². The summed E-state index contributed by atoms with van der Waals surface area (Å²) in [6, 6.07) is 10.1. The molecule has 0 unspecified atom stereocenters. The Hall–Kier alpha value is -2.22. The second kappa shape index (κ2) is 10.0. The molecule has 2 N–H and O–H groups in total. The third-order valence-electron chi connectivity index (χ3n) is 5.29. The van der Waals surface area contributed by atoms with Crippen LogP contribution in [0.5, 0.6) is 0 Å². The van der Waals surface area contributed by atoms with Gasteiger partial charge in [0, 0.05) is 36.7 Å². The van der Waals surface area contributed by atoms with Crippen molar-refractivity contribution in [3.8, 4) is 0 Å². The molecule has 0 radical (unpaired) electrons. The molecule has 0 spiro atoms. The summed E-state index contributed by atoms with van der Waals surface area (Å²) in [5.74, 6) is 0.0606. The van der Waals surface area contributed by atoms with Crippen molar-refractivity contribution in [1.29, 1.82) is 0 Å². The first-order valence-electron chi connectivity index (χ1n) is 10.1. The van der Waals surface area contributed by atoms with E-state index in [9.17, 15) is 9.59 Å². The third kappa shape index (κ3) is 6.13. The fourth-order valence-electron chi connectivity index (χ4n) is 3.60. The van der Waals surface area contributed by atoms with Gasteiger partial charge in [0.05, 0.1) is 19.1 Å². The Kier molecular flexibility index (Phi) is 7.41. The summed E-state index contributed by atoms with van der Waals surface area (Å²) < 4.78 is 0. The number of hydrogen-bond acceptors (Lipinski definition) is 5. The van der Waals surface area contributed by atoms with Gasteiger partial charge in [-0.3, -0.25) is 19.4 Å². The summed E-state index contributed by atoms with van der Waals surface area (Å²) in [5.41, 5.74) is 3.06. The van der Waals surface area contributed by atoms with Gasteiger partial charge in [-0.05, 0) is 43.3 Å². The zero-order valence-corrected chi connectivity index (χ0v) is 18.2. The Balaban J connectivity index is 1.40. The lowest BCUT2D eigenvalue weighted by Crippen LogP contribution is -2.51. The highest BCUT2D eigenvalue weighted by Crippen LogP contribution is 2.19. The average Bonchev–Trinajstić information content (AvgIpc) is 3.21. The minimum atomic E-state index is 0.0124. The summed E-state index contributed by atoms with van der Waals surface area (Å²) in [6.45, 7) is 9.95. The van der Waals surface area contributed by atoms with E-state index in [0.29, 0.717) is 13.1 Å². The highest BCUT2D eigenvalue weighted by Gasteiger charge is 2.21. The molecule has 156 valence electrons. The lowest BCUT2D eigenvalue weighted by molar-refractivity contribution is -0.124. The molecule has 7 heteroatoms. The highest BCUT2D eigenvalue weighted by molar-refractivity contribution is 7.10. The largest absolute Gasteiger partial charge is 0.348 e. The number of thiophene rings is 1. The molecule has 1 aromatic heterocycles. The number of rotatable bonds is 7.